The lowest BCUT2D eigenvalue weighted by molar-refractivity contribution is -0.141. The van der Waals surface area contributed by atoms with Crippen molar-refractivity contribution in [3.8, 4) is 6.07 Å². The Morgan fingerprint density at radius 1 is 1.45 bits per heavy atom. The molecule has 0 atom stereocenters. The predicted octanol–water partition coefficient (Wildman–Crippen LogP) is 1.88. The molecule has 0 N–H and O–H groups in total. The van der Waals surface area contributed by atoms with Crippen LogP contribution in [0.3, 0.4) is 0 Å². The van der Waals surface area contributed by atoms with Gasteiger partial charge in [-0.3, -0.25) is 4.79 Å². The van der Waals surface area contributed by atoms with E-state index >= 15 is 0 Å². The molecule has 0 aromatic heterocycles. The van der Waals surface area contributed by atoms with Crippen LogP contribution in [0.15, 0.2) is 18.2 Å². The number of anilines is 1. The van der Waals surface area contributed by atoms with Gasteiger partial charge in [0.05, 0.1) is 24.5 Å². The summed E-state index contributed by atoms with van der Waals surface area (Å²) in [5, 5.41) is 9.23. The van der Waals surface area contributed by atoms with E-state index in [2.05, 4.69) is 6.07 Å². The van der Waals surface area contributed by atoms with Crippen LogP contribution in [0.25, 0.3) is 0 Å². The van der Waals surface area contributed by atoms with Crippen LogP contribution in [0.1, 0.15) is 18.1 Å². The number of benzene rings is 1. The van der Waals surface area contributed by atoms with E-state index in [1.165, 1.54) is 0 Å². The molecule has 0 bridgehead atoms. The standard InChI is InChI=1S/C15H20N2O3/c1-4-20-14(18)11-17(8-9-19-3)15-12(2)6-5-7-13(15)10-16/h5-7H,4,8-9,11H2,1-3H3. The van der Waals surface area contributed by atoms with Gasteiger partial charge in [0.25, 0.3) is 0 Å². The van der Waals surface area contributed by atoms with Gasteiger partial charge in [0.1, 0.15) is 12.6 Å². The number of carbonyl (C=O) groups is 1. The van der Waals surface area contributed by atoms with Crippen molar-refractivity contribution >= 4 is 11.7 Å². The van der Waals surface area contributed by atoms with Crippen LogP contribution in [-0.2, 0) is 14.3 Å². The Balaban J connectivity index is 3.04. The molecule has 0 aliphatic heterocycles. The Kier molecular flexibility index (Phi) is 6.54. The average Bonchev–Trinajstić information content (AvgIpc) is 2.43. The predicted molar refractivity (Wildman–Crippen MR) is 76.6 cm³/mol. The van der Waals surface area contributed by atoms with Crippen molar-refractivity contribution < 1.29 is 14.3 Å². The molecule has 1 aromatic carbocycles. The SMILES string of the molecule is CCOC(=O)CN(CCOC)c1c(C)cccc1C#N. The van der Waals surface area contributed by atoms with Gasteiger partial charge >= 0.3 is 5.97 Å². The third kappa shape index (κ3) is 4.25. The summed E-state index contributed by atoms with van der Waals surface area (Å²) in [6.07, 6.45) is 0. The Morgan fingerprint density at radius 2 is 2.20 bits per heavy atom. The van der Waals surface area contributed by atoms with E-state index in [-0.39, 0.29) is 12.5 Å². The molecule has 0 aliphatic carbocycles. The molecule has 20 heavy (non-hydrogen) atoms. The second kappa shape index (κ2) is 8.18. The molecular weight excluding hydrogens is 256 g/mol. The van der Waals surface area contributed by atoms with Crippen LogP contribution in [0, 0.1) is 18.3 Å². The summed E-state index contributed by atoms with van der Waals surface area (Å²) in [6.45, 7) is 5.13. The highest BCUT2D eigenvalue weighted by Crippen LogP contribution is 2.24. The van der Waals surface area contributed by atoms with Gasteiger partial charge in [-0.05, 0) is 25.5 Å². The number of aryl methyl sites for hydroxylation is 1. The molecule has 1 aromatic rings. The molecule has 108 valence electrons. The number of hydrogen-bond donors (Lipinski definition) is 0. The van der Waals surface area contributed by atoms with Crippen LogP contribution < -0.4 is 4.90 Å². The Bertz CT molecular complexity index is 494. The summed E-state index contributed by atoms with van der Waals surface area (Å²) < 4.78 is 10.1. The van der Waals surface area contributed by atoms with E-state index in [0.29, 0.717) is 25.3 Å². The maximum absolute atomic E-state index is 11.7. The van der Waals surface area contributed by atoms with Gasteiger partial charge in [0.2, 0.25) is 0 Å². The van der Waals surface area contributed by atoms with Gasteiger partial charge in [-0.15, -0.1) is 0 Å². The molecule has 0 unspecified atom stereocenters. The number of rotatable bonds is 7. The largest absolute Gasteiger partial charge is 0.465 e. The summed E-state index contributed by atoms with van der Waals surface area (Å²) >= 11 is 0. The summed E-state index contributed by atoms with van der Waals surface area (Å²) in [5.41, 5.74) is 2.26. The third-order valence-corrected chi connectivity index (χ3v) is 2.87. The highest BCUT2D eigenvalue weighted by molar-refractivity contribution is 5.78. The van der Waals surface area contributed by atoms with E-state index in [1.54, 1.807) is 20.1 Å². The van der Waals surface area contributed by atoms with Gasteiger partial charge in [0.15, 0.2) is 0 Å². The maximum atomic E-state index is 11.7. The van der Waals surface area contributed by atoms with Crippen molar-refractivity contribution in [2.45, 2.75) is 13.8 Å². The molecular formula is C15H20N2O3. The minimum absolute atomic E-state index is 0.108. The fourth-order valence-corrected chi connectivity index (χ4v) is 2.00. The second-order valence-corrected chi connectivity index (χ2v) is 4.30. The molecule has 0 amide bonds. The summed E-state index contributed by atoms with van der Waals surface area (Å²) in [4.78, 5) is 13.5. The molecule has 1 rings (SSSR count). The zero-order valence-electron chi connectivity index (χ0n) is 12.2. The van der Waals surface area contributed by atoms with E-state index in [0.717, 1.165) is 11.3 Å². The van der Waals surface area contributed by atoms with Crippen molar-refractivity contribution in [3.63, 3.8) is 0 Å². The normalized spacial score (nSPS) is 9.90. The molecule has 0 saturated heterocycles. The van der Waals surface area contributed by atoms with Crippen LogP contribution >= 0.6 is 0 Å². The van der Waals surface area contributed by atoms with E-state index in [9.17, 15) is 10.1 Å². The molecule has 0 saturated carbocycles. The minimum atomic E-state index is -0.309. The van der Waals surface area contributed by atoms with Gasteiger partial charge < -0.3 is 14.4 Å². The number of nitriles is 1. The highest BCUT2D eigenvalue weighted by atomic mass is 16.5. The number of esters is 1. The third-order valence-electron chi connectivity index (χ3n) is 2.87. The molecule has 5 nitrogen and oxygen atoms in total. The van der Waals surface area contributed by atoms with Crippen LogP contribution in [-0.4, -0.2) is 39.4 Å². The fourth-order valence-electron chi connectivity index (χ4n) is 2.00. The first-order valence-electron chi connectivity index (χ1n) is 6.53. The Labute approximate surface area is 119 Å². The second-order valence-electron chi connectivity index (χ2n) is 4.30. The summed E-state index contributed by atoms with van der Waals surface area (Å²) in [7, 11) is 1.60. The lowest BCUT2D eigenvalue weighted by Gasteiger charge is -2.26. The molecule has 0 heterocycles. The fraction of sp³-hybridized carbons (Fsp3) is 0.467. The lowest BCUT2D eigenvalue weighted by atomic mass is 10.1. The van der Waals surface area contributed by atoms with Gasteiger partial charge in [-0.25, -0.2) is 0 Å². The first-order valence-corrected chi connectivity index (χ1v) is 6.53. The van der Waals surface area contributed by atoms with Crippen molar-refractivity contribution in [1.82, 2.24) is 0 Å². The highest BCUT2D eigenvalue weighted by Gasteiger charge is 2.17. The zero-order valence-corrected chi connectivity index (χ0v) is 12.2. The smallest absolute Gasteiger partial charge is 0.325 e. The summed E-state index contributed by atoms with van der Waals surface area (Å²) in [5.74, 6) is -0.309. The zero-order chi connectivity index (χ0) is 15.0. The number of nitrogens with zero attached hydrogens (tertiary/aromatic N) is 2. The van der Waals surface area contributed by atoms with E-state index in [4.69, 9.17) is 9.47 Å². The van der Waals surface area contributed by atoms with E-state index in [1.807, 2.05) is 24.0 Å². The monoisotopic (exact) mass is 276 g/mol. The number of carbonyl (C=O) groups excluding carboxylic acids is 1. The first kappa shape index (κ1) is 16.0. The quantitative estimate of drug-likeness (QED) is 0.712. The molecule has 5 heteroatoms. The average molecular weight is 276 g/mol. The lowest BCUT2D eigenvalue weighted by Crippen LogP contribution is -2.34. The minimum Gasteiger partial charge on any atom is -0.465 e. The number of ether oxygens (including phenoxy) is 2. The Hall–Kier alpha value is -2.06. The van der Waals surface area contributed by atoms with Crippen molar-refractivity contribution in [2.75, 3.05) is 38.3 Å². The van der Waals surface area contributed by atoms with Gasteiger partial charge in [-0.1, -0.05) is 12.1 Å². The van der Waals surface area contributed by atoms with Crippen LogP contribution in [0.5, 0.6) is 0 Å². The van der Waals surface area contributed by atoms with Gasteiger partial charge in [-0.2, -0.15) is 5.26 Å². The molecule has 0 radical (unpaired) electrons. The number of hydrogen-bond acceptors (Lipinski definition) is 5. The van der Waals surface area contributed by atoms with Crippen LogP contribution in [0.2, 0.25) is 0 Å². The van der Waals surface area contributed by atoms with Crippen molar-refractivity contribution in [2.24, 2.45) is 0 Å². The van der Waals surface area contributed by atoms with Gasteiger partial charge in [0, 0.05) is 13.7 Å². The Morgan fingerprint density at radius 3 is 2.80 bits per heavy atom. The summed E-state index contributed by atoms with van der Waals surface area (Å²) in [6, 6.07) is 7.65. The van der Waals surface area contributed by atoms with Crippen LogP contribution in [0.4, 0.5) is 5.69 Å². The van der Waals surface area contributed by atoms with Crippen molar-refractivity contribution in [1.29, 1.82) is 5.26 Å². The first-order chi connectivity index (χ1) is 9.63. The van der Waals surface area contributed by atoms with Crippen molar-refractivity contribution in [3.05, 3.63) is 29.3 Å². The number of methoxy groups -OCH3 is 1. The topological polar surface area (TPSA) is 62.6 Å². The maximum Gasteiger partial charge on any atom is 0.325 e. The van der Waals surface area contributed by atoms with E-state index < -0.39 is 0 Å². The molecule has 0 fully saturated rings. The molecule has 0 spiro atoms. The molecule has 0 aliphatic rings. The number of para-hydroxylation sites is 1.